The second-order valence-electron chi connectivity index (χ2n) is 2.52. The number of para-hydroxylation sites is 1. The molecule has 0 amide bonds. The Morgan fingerprint density at radius 1 is 1.54 bits per heavy atom. The fourth-order valence-corrected chi connectivity index (χ4v) is 1.02. The van der Waals surface area contributed by atoms with Crippen molar-refractivity contribution in [2.24, 2.45) is 5.73 Å². The first kappa shape index (κ1) is 9.14. The van der Waals surface area contributed by atoms with E-state index in [9.17, 15) is 0 Å². The highest BCUT2D eigenvalue weighted by molar-refractivity contribution is 6.00. The number of terminal acetylenes is 1. The molecule has 1 rings (SSSR count). The molecule has 0 heterocycles. The molecule has 0 aliphatic rings. The van der Waals surface area contributed by atoms with Gasteiger partial charge in [-0.2, -0.15) is 0 Å². The molecule has 66 valence electrons. The summed E-state index contributed by atoms with van der Waals surface area (Å²) < 4.78 is 0. The van der Waals surface area contributed by atoms with Gasteiger partial charge in [-0.15, -0.1) is 6.42 Å². The number of amidine groups is 1. The average Bonchev–Trinajstić information content (AvgIpc) is 2.15. The van der Waals surface area contributed by atoms with Gasteiger partial charge >= 0.3 is 0 Å². The van der Waals surface area contributed by atoms with Crippen LogP contribution in [-0.2, 0) is 0 Å². The van der Waals surface area contributed by atoms with Crippen molar-refractivity contribution < 1.29 is 0 Å². The zero-order valence-corrected chi connectivity index (χ0v) is 7.17. The topological polar surface area (TPSA) is 61.9 Å². The number of anilines is 1. The van der Waals surface area contributed by atoms with Crippen molar-refractivity contribution in [3.8, 4) is 12.3 Å². The SMILES string of the molecule is C#CCNc1ccccc1C(=N)N. The van der Waals surface area contributed by atoms with E-state index in [1.165, 1.54) is 0 Å². The molecule has 3 nitrogen and oxygen atoms in total. The minimum absolute atomic E-state index is 0.0418. The maximum absolute atomic E-state index is 7.30. The van der Waals surface area contributed by atoms with Gasteiger partial charge in [0.1, 0.15) is 5.84 Å². The summed E-state index contributed by atoms with van der Waals surface area (Å²) in [6.07, 6.45) is 5.11. The summed E-state index contributed by atoms with van der Waals surface area (Å²) in [5.74, 6) is 2.50. The number of hydrogen-bond acceptors (Lipinski definition) is 2. The number of benzene rings is 1. The third-order valence-corrected chi connectivity index (χ3v) is 1.60. The molecular weight excluding hydrogens is 162 g/mol. The van der Waals surface area contributed by atoms with Gasteiger partial charge in [-0.3, -0.25) is 5.41 Å². The number of rotatable bonds is 3. The molecule has 13 heavy (non-hydrogen) atoms. The Morgan fingerprint density at radius 3 is 2.85 bits per heavy atom. The molecule has 3 heteroatoms. The van der Waals surface area contributed by atoms with Crippen LogP contribution < -0.4 is 11.1 Å². The van der Waals surface area contributed by atoms with E-state index in [4.69, 9.17) is 17.6 Å². The van der Waals surface area contributed by atoms with Gasteiger partial charge in [0.15, 0.2) is 0 Å². The molecule has 0 saturated carbocycles. The van der Waals surface area contributed by atoms with Crippen LogP contribution >= 0.6 is 0 Å². The summed E-state index contributed by atoms with van der Waals surface area (Å²) in [5.41, 5.74) is 6.86. The zero-order valence-electron chi connectivity index (χ0n) is 7.17. The standard InChI is InChI=1S/C10H11N3/c1-2-7-13-9-6-4-3-5-8(9)10(11)12/h1,3-6,13H,7H2,(H3,11,12). The molecule has 0 aliphatic carbocycles. The Hall–Kier alpha value is -1.95. The molecule has 0 aromatic heterocycles. The average molecular weight is 173 g/mol. The maximum Gasteiger partial charge on any atom is 0.124 e. The van der Waals surface area contributed by atoms with Crippen molar-refractivity contribution in [2.45, 2.75) is 0 Å². The van der Waals surface area contributed by atoms with Crippen molar-refractivity contribution in [3.63, 3.8) is 0 Å². The van der Waals surface area contributed by atoms with Gasteiger partial charge in [0.25, 0.3) is 0 Å². The molecule has 0 fully saturated rings. The Bertz CT molecular complexity index is 349. The largest absolute Gasteiger partial charge is 0.384 e. The van der Waals surface area contributed by atoms with Crippen molar-refractivity contribution in [1.29, 1.82) is 5.41 Å². The summed E-state index contributed by atoms with van der Waals surface area (Å²) in [4.78, 5) is 0. The summed E-state index contributed by atoms with van der Waals surface area (Å²) in [6, 6.07) is 7.32. The summed E-state index contributed by atoms with van der Waals surface area (Å²) in [6.45, 7) is 0.435. The Morgan fingerprint density at radius 2 is 2.23 bits per heavy atom. The lowest BCUT2D eigenvalue weighted by Crippen LogP contribution is -2.14. The first-order valence-corrected chi connectivity index (χ1v) is 3.86. The van der Waals surface area contributed by atoms with E-state index in [1.807, 2.05) is 18.2 Å². The summed E-state index contributed by atoms with van der Waals surface area (Å²) in [7, 11) is 0. The summed E-state index contributed by atoms with van der Waals surface area (Å²) in [5, 5.41) is 10.3. The summed E-state index contributed by atoms with van der Waals surface area (Å²) >= 11 is 0. The van der Waals surface area contributed by atoms with Gasteiger partial charge in [-0.1, -0.05) is 18.1 Å². The number of nitrogens with one attached hydrogen (secondary N) is 2. The van der Waals surface area contributed by atoms with Crippen LogP contribution in [-0.4, -0.2) is 12.4 Å². The zero-order chi connectivity index (χ0) is 9.68. The Kier molecular flexibility index (Phi) is 2.93. The first-order chi connectivity index (χ1) is 6.25. The molecule has 0 bridgehead atoms. The van der Waals surface area contributed by atoms with E-state index in [-0.39, 0.29) is 5.84 Å². The fraction of sp³-hybridized carbons (Fsp3) is 0.100. The van der Waals surface area contributed by atoms with Gasteiger partial charge in [0.05, 0.1) is 6.54 Å². The molecule has 0 aliphatic heterocycles. The van der Waals surface area contributed by atoms with Gasteiger partial charge in [-0.25, -0.2) is 0 Å². The highest BCUT2D eigenvalue weighted by atomic mass is 14.9. The quantitative estimate of drug-likeness (QED) is 0.363. The van der Waals surface area contributed by atoms with Gasteiger partial charge in [-0.05, 0) is 12.1 Å². The number of nitrogen functional groups attached to an aromatic ring is 1. The smallest absolute Gasteiger partial charge is 0.124 e. The van der Waals surface area contributed by atoms with E-state index in [2.05, 4.69) is 11.2 Å². The van der Waals surface area contributed by atoms with Crippen LogP contribution in [0.1, 0.15) is 5.56 Å². The van der Waals surface area contributed by atoms with Gasteiger partial charge in [0, 0.05) is 11.3 Å². The van der Waals surface area contributed by atoms with Crippen LogP contribution in [0, 0.1) is 17.8 Å². The first-order valence-electron chi connectivity index (χ1n) is 3.86. The molecular formula is C10H11N3. The van der Waals surface area contributed by atoms with Crippen molar-refractivity contribution in [1.82, 2.24) is 0 Å². The minimum Gasteiger partial charge on any atom is -0.384 e. The maximum atomic E-state index is 7.30. The minimum atomic E-state index is 0.0418. The van der Waals surface area contributed by atoms with Gasteiger partial charge in [0.2, 0.25) is 0 Å². The van der Waals surface area contributed by atoms with Crippen LogP contribution in [0.4, 0.5) is 5.69 Å². The van der Waals surface area contributed by atoms with E-state index in [0.29, 0.717) is 12.1 Å². The van der Waals surface area contributed by atoms with Crippen molar-refractivity contribution in [2.75, 3.05) is 11.9 Å². The highest BCUT2D eigenvalue weighted by Gasteiger charge is 2.01. The Labute approximate surface area is 77.5 Å². The van der Waals surface area contributed by atoms with E-state index >= 15 is 0 Å². The van der Waals surface area contributed by atoms with Crippen LogP contribution in [0.15, 0.2) is 24.3 Å². The number of nitrogens with two attached hydrogens (primary N) is 1. The Balaban J connectivity index is 2.92. The normalized spacial score (nSPS) is 8.85. The molecule has 0 unspecified atom stereocenters. The third-order valence-electron chi connectivity index (χ3n) is 1.60. The fourth-order valence-electron chi connectivity index (χ4n) is 1.02. The van der Waals surface area contributed by atoms with Crippen molar-refractivity contribution >= 4 is 11.5 Å². The van der Waals surface area contributed by atoms with Crippen LogP contribution in [0.3, 0.4) is 0 Å². The molecule has 1 aromatic carbocycles. The predicted molar refractivity (Wildman–Crippen MR) is 54.8 cm³/mol. The highest BCUT2D eigenvalue weighted by Crippen LogP contribution is 2.13. The van der Waals surface area contributed by atoms with Crippen molar-refractivity contribution in [3.05, 3.63) is 29.8 Å². The monoisotopic (exact) mass is 173 g/mol. The van der Waals surface area contributed by atoms with E-state index in [1.54, 1.807) is 6.07 Å². The second kappa shape index (κ2) is 4.17. The van der Waals surface area contributed by atoms with Gasteiger partial charge < -0.3 is 11.1 Å². The van der Waals surface area contributed by atoms with Crippen LogP contribution in [0.2, 0.25) is 0 Å². The predicted octanol–water partition coefficient (Wildman–Crippen LogP) is 1.02. The van der Waals surface area contributed by atoms with Crippen LogP contribution in [0.5, 0.6) is 0 Å². The molecule has 0 saturated heterocycles. The molecule has 0 atom stereocenters. The molecule has 0 radical (unpaired) electrons. The second-order valence-corrected chi connectivity index (χ2v) is 2.52. The number of hydrogen-bond donors (Lipinski definition) is 3. The van der Waals surface area contributed by atoms with E-state index in [0.717, 1.165) is 5.69 Å². The molecule has 4 N–H and O–H groups in total. The molecule has 1 aromatic rings. The lowest BCUT2D eigenvalue weighted by atomic mass is 10.1. The van der Waals surface area contributed by atoms with Crippen LogP contribution in [0.25, 0.3) is 0 Å². The lowest BCUT2D eigenvalue weighted by Gasteiger charge is -2.07. The van der Waals surface area contributed by atoms with E-state index < -0.39 is 0 Å². The molecule has 0 spiro atoms. The lowest BCUT2D eigenvalue weighted by molar-refractivity contribution is 1.35. The third kappa shape index (κ3) is 2.24.